The molecule has 0 radical (unpaired) electrons. The fourth-order valence-electron chi connectivity index (χ4n) is 2.44. The second kappa shape index (κ2) is 6.58. The van der Waals surface area contributed by atoms with Crippen LogP contribution in [0, 0.1) is 0 Å². The van der Waals surface area contributed by atoms with Crippen molar-refractivity contribution in [3.05, 3.63) is 34.3 Å². The van der Waals surface area contributed by atoms with Crippen LogP contribution in [0.2, 0.25) is 0 Å². The van der Waals surface area contributed by atoms with Gasteiger partial charge in [0.25, 0.3) is 0 Å². The molecule has 2 unspecified atom stereocenters. The van der Waals surface area contributed by atoms with Gasteiger partial charge in [0, 0.05) is 11.0 Å². The van der Waals surface area contributed by atoms with Crippen molar-refractivity contribution in [3.63, 3.8) is 0 Å². The van der Waals surface area contributed by atoms with Crippen LogP contribution in [0.25, 0.3) is 0 Å². The molecule has 5 nitrogen and oxygen atoms in total. The average Bonchev–Trinajstić information content (AvgIpc) is 2.45. The topological polar surface area (TPSA) is 66.8 Å². The number of hydrogen-bond donors (Lipinski definition) is 1. The predicted octanol–water partition coefficient (Wildman–Crippen LogP) is 2.25. The molecule has 1 aromatic carbocycles. The van der Waals surface area contributed by atoms with Crippen LogP contribution in [-0.2, 0) is 14.3 Å². The molecule has 1 N–H and O–H groups in total. The minimum absolute atomic E-state index is 0.0706. The van der Waals surface area contributed by atoms with E-state index in [2.05, 4.69) is 15.9 Å². The summed E-state index contributed by atoms with van der Waals surface area (Å²) in [5.41, 5.74) is 0.911. The smallest absolute Gasteiger partial charge is 0.334 e. The number of aliphatic carboxylic acids is 1. The average molecular weight is 356 g/mol. The summed E-state index contributed by atoms with van der Waals surface area (Å²) >= 11 is 3.36. The normalized spacial score (nSPS) is 23.7. The molecule has 0 saturated carbocycles. The lowest BCUT2D eigenvalue weighted by atomic mass is 9.99. The van der Waals surface area contributed by atoms with Crippen molar-refractivity contribution in [3.8, 4) is 0 Å². The highest BCUT2D eigenvalue weighted by Gasteiger charge is 2.34. The summed E-state index contributed by atoms with van der Waals surface area (Å²) in [7, 11) is 0. The fraction of sp³-hybridized carbons (Fsp3) is 0.467. The third-order valence-corrected chi connectivity index (χ3v) is 4.12. The van der Waals surface area contributed by atoms with E-state index >= 15 is 0 Å². The number of carbonyl (C=O) groups excluding carboxylic acids is 1. The monoisotopic (exact) mass is 355 g/mol. The molecule has 1 aromatic rings. The molecule has 0 aromatic heterocycles. The van der Waals surface area contributed by atoms with E-state index in [1.807, 2.05) is 31.2 Å². The zero-order valence-electron chi connectivity index (χ0n) is 12.0. The van der Waals surface area contributed by atoms with E-state index in [-0.39, 0.29) is 24.5 Å². The molecule has 2 rings (SSSR count). The fourth-order valence-corrected chi connectivity index (χ4v) is 2.70. The lowest BCUT2D eigenvalue weighted by Crippen LogP contribution is -2.52. The molecule has 1 aliphatic heterocycles. The number of carboxylic acids is 1. The number of morpholine rings is 1. The van der Waals surface area contributed by atoms with E-state index < -0.39 is 12.1 Å². The Bertz CT molecular complexity index is 531. The molecule has 0 aliphatic carbocycles. The molecule has 114 valence electrons. The van der Waals surface area contributed by atoms with Crippen LogP contribution in [0.4, 0.5) is 0 Å². The number of carboxylic acid groups (broad SMARTS) is 1. The summed E-state index contributed by atoms with van der Waals surface area (Å²) in [6, 6.07) is 7.57. The predicted molar refractivity (Wildman–Crippen MR) is 81.1 cm³/mol. The molecule has 0 spiro atoms. The Morgan fingerprint density at radius 2 is 1.95 bits per heavy atom. The first-order valence-electron chi connectivity index (χ1n) is 6.81. The van der Waals surface area contributed by atoms with Gasteiger partial charge in [-0.2, -0.15) is 0 Å². The summed E-state index contributed by atoms with van der Waals surface area (Å²) in [5, 5.41) is 9.07. The number of rotatable bonds is 3. The number of hydrogen-bond acceptors (Lipinski definition) is 3. The molecule has 3 atom stereocenters. The Morgan fingerprint density at radius 3 is 2.52 bits per heavy atom. The van der Waals surface area contributed by atoms with Crippen LogP contribution in [0.1, 0.15) is 25.3 Å². The quantitative estimate of drug-likeness (QED) is 0.902. The highest BCUT2D eigenvalue weighted by molar-refractivity contribution is 9.10. The zero-order chi connectivity index (χ0) is 15.6. The van der Waals surface area contributed by atoms with Crippen LogP contribution < -0.4 is 0 Å². The van der Waals surface area contributed by atoms with Gasteiger partial charge in [0.2, 0.25) is 5.91 Å². The standard InChI is InChI=1S/C15H18BrNO4/c1-9-7-17(8-13(21-9)15(19)20)14(18)10(2)11-3-5-12(16)6-4-11/h3-6,9-10,13H,7-8H2,1-2H3,(H,19,20)/t9-,10?,13?/m1/s1. The van der Waals surface area contributed by atoms with Crippen molar-refractivity contribution in [2.24, 2.45) is 0 Å². The SMILES string of the molecule is CC(C(=O)N1CC(C(=O)O)O[C@H](C)C1)c1ccc(Br)cc1. The van der Waals surface area contributed by atoms with Gasteiger partial charge in [-0.05, 0) is 31.5 Å². The molecule has 1 amide bonds. The maximum Gasteiger partial charge on any atom is 0.334 e. The van der Waals surface area contributed by atoms with Gasteiger partial charge < -0.3 is 14.7 Å². The molecule has 1 saturated heterocycles. The van der Waals surface area contributed by atoms with Gasteiger partial charge in [0.05, 0.1) is 18.6 Å². The Hall–Kier alpha value is -1.40. The maximum atomic E-state index is 12.6. The molecule has 21 heavy (non-hydrogen) atoms. The van der Waals surface area contributed by atoms with Crippen molar-refractivity contribution in [2.45, 2.75) is 32.0 Å². The maximum absolute atomic E-state index is 12.6. The van der Waals surface area contributed by atoms with Crippen molar-refractivity contribution >= 4 is 27.8 Å². The van der Waals surface area contributed by atoms with Crippen molar-refractivity contribution in [2.75, 3.05) is 13.1 Å². The molecule has 6 heteroatoms. The van der Waals surface area contributed by atoms with E-state index in [9.17, 15) is 9.59 Å². The van der Waals surface area contributed by atoms with Gasteiger partial charge in [0.15, 0.2) is 6.10 Å². The van der Waals surface area contributed by atoms with E-state index in [1.165, 1.54) is 0 Å². The second-order valence-corrected chi connectivity index (χ2v) is 6.21. The molecule has 1 fully saturated rings. The van der Waals surface area contributed by atoms with Gasteiger partial charge in [-0.25, -0.2) is 4.79 Å². The van der Waals surface area contributed by atoms with Crippen LogP contribution in [0.3, 0.4) is 0 Å². The Morgan fingerprint density at radius 1 is 1.33 bits per heavy atom. The van der Waals surface area contributed by atoms with Gasteiger partial charge in [-0.3, -0.25) is 4.79 Å². The molecule has 1 heterocycles. The number of benzene rings is 1. The summed E-state index contributed by atoms with van der Waals surface area (Å²) < 4.78 is 6.29. The van der Waals surface area contributed by atoms with Crippen LogP contribution in [0.15, 0.2) is 28.7 Å². The van der Waals surface area contributed by atoms with Crippen molar-refractivity contribution in [1.29, 1.82) is 0 Å². The summed E-state index contributed by atoms with van der Waals surface area (Å²) in [5.74, 6) is -1.41. The van der Waals surface area contributed by atoms with Gasteiger partial charge >= 0.3 is 5.97 Å². The zero-order valence-corrected chi connectivity index (χ0v) is 13.5. The summed E-state index contributed by atoms with van der Waals surface area (Å²) in [6.45, 7) is 4.13. The molecular weight excluding hydrogens is 338 g/mol. The molecule has 1 aliphatic rings. The van der Waals surface area contributed by atoms with Gasteiger partial charge in [-0.15, -0.1) is 0 Å². The van der Waals surface area contributed by atoms with E-state index in [0.717, 1.165) is 10.0 Å². The van der Waals surface area contributed by atoms with Gasteiger partial charge in [0.1, 0.15) is 0 Å². The Kier molecular flexibility index (Phi) is 5.00. The molecular formula is C15H18BrNO4. The number of nitrogens with zero attached hydrogens (tertiary/aromatic N) is 1. The summed E-state index contributed by atoms with van der Waals surface area (Å²) in [6.07, 6.45) is -1.23. The first kappa shape index (κ1) is 16.0. The largest absolute Gasteiger partial charge is 0.479 e. The van der Waals surface area contributed by atoms with E-state index in [1.54, 1.807) is 11.8 Å². The first-order valence-corrected chi connectivity index (χ1v) is 7.60. The number of ether oxygens (including phenoxy) is 1. The minimum Gasteiger partial charge on any atom is -0.479 e. The summed E-state index contributed by atoms with van der Waals surface area (Å²) in [4.78, 5) is 25.2. The molecule has 0 bridgehead atoms. The second-order valence-electron chi connectivity index (χ2n) is 5.29. The van der Waals surface area contributed by atoms with Crippen molar-refractivity contribution in [1.82, 2.24) is 4.90 Å². The lowest BCUT2D eigenvalue weighted by Gasteiger charge is -2.36. The highest BCUT2D eigenvalue weighted by atomic mass is 79.9. The Balaban J connectivity index is 2.11. The van der Waals surface area contributed by atoms with E-state index in [0.29, 0.717) is 6.54 Å². The first-order chi connectivity index (χ1) is 9.88. The Labute approximate surface area is 132 Å². The van der Waals surface area contributed by atoms with E-state index in [4.69, 9.17) is 9.84 Å². The van der Waals surface area contributed by atoms with Crippen LogP contribution in [-0.4, -0.2) is 47.2 Å². The minimum atomic E-state index is -1.03. The lowest BCUT2D eigenvalue weighted by molar-refractivity contribution is -0.166. The third kappa shape index (κ3) is 3.83. The van der Waals surface area contributed by atoms with Crippen molar-refractivity contribution < 1.29 is 19.4 Å². The number of amides is 1. The van der Waals surface area contributed by atoms with Crippen LogP contribution >= 0.6 is 15.9 Å². The number of halogens is 1. The van der Waals surface area contributed by atoms with Crippen LogP contribution in [0.5, 0.6) is 0 Å². The highest BCUT2D eigenvalue weighted by Crippen LogP contribution is 2.22. The number of carbonyl (C=O) groups is 2. The van der Waals surface area contributed by atoms with Gasteiger partial charge in [-0.1, -0.05) is 28.1 Å². The third-order valence-electron chi connectivity index (χ3n) is 3.59.